The Kier molecular flexibility index (Phi) is 3.33. The molecular weight excluding hydrogens is 250 g/mol. The van der Waals surface area contributed by atoms with E-state index < -0.39 is 0 Å². The van der Waals surface area contributed by atoms with E-state index in [1.54, 1.807) is 13.2 Å². The largest absolute Gasteiger partial charge is 0.396 e. The standard InChI is InChI=1S/C11H15N5OS/c1-4-8-6(2)18-11(13-8)14-10(17)9-7(12)5-16(3)15-9/h5H,4,12H2,1-3H3,(H,13,14,17). The number of amides is 1. The molecule has 2 rings (SSSR count). The highest BCUT2D eigenvalue weighted by molar-refractivity contribution is 7.15. The van der Waals surface area contributed by atoms with Crippen LogP contribution in [0.2, 0.25) is 0 Å². The first kappa shape index (κ1) is 12.6. The number of nitrogens with one attached hydrogen (secondary N) is 1. The van der Waals surface area contributed by atoms with Gasteiger partial charge in [-0.3, -0.25) is 14.8 Å². The van der Waals surface area contributed by atoms with Crippen LogP contribution in [0.3, 0.4) is 0 Å². The number of aryl methyl sites for hydroxylation is 3. The van der Waals surface area contributed by atoms with Gasteiger partial charge in [-0.1, -0.05) is 6.92 Å². The number of anilines is 2. The van der Waals surface area contributed by atoms with Crippen molar-refractivity contribution in [3.8, 4) is 0 Å². The van der Waals surface area contributed by atoms with Crippen LogP contribution in [0.1, 0.15) is 28.0 Å². The van der Waals surface area contributed by atoms with E-state index in [-0.39, 0.29) is 11.6 Å². The number of aromatic nitrogens is 3. The molecule has 0 aliphatic carbocycles. The van der Waals surface area contributed by atoms with Crippen molar-refractivity contribution in [2.24, 2.45) is 7.05 Å². The summed E-state index contributed by atoms with van der Waals surface area (Å²) in [5.74, 6) is -0.329. The predicted octanol–water partition coefficient (Wildman–Crippen LogP) is 1.58. The molecular formula is C11H15N5OS. The zero-order valence-corrected chi connectivity index (χ0v) is 11.3. The van der Waals surface area contributed by atoms with Crippen LogP contribution < -0.4 is 11.1 Å². The van der Waals surface area contributed by atoms with Gasteiger partial charge < -0.3 is 5.73 Å². The summed E-state index contributed by atoms with van der Waals surface area (Å²) in [6.07, 6.45) is 2.45. The summed E-state index contributed by atoms with van der Waals surface area (Å²) in [6.45, 7) is 4.02. The number of carbonyl (C=O) groups excluding carboxylic acids is 1. The van der Waals surface area contributed by atoms with Crippen molar-refractivity contribution in [3.63, 3.8) is 0 Å². The van der Waals surface area contributed by atoms with Crippen molar-refractivity contribution >= 4 is 28.1 Å². The summed E-state index contributed by atoms with van der Waals surface area (Å²) in [4.78, 5) is 17.4. The van der Waals surface area contributed by atoms with E-state index in [0.717, 1.165) is 17.0 Å². The van der Waals surface area contributed by atoms with Crippen molar-refractivity contribution in [1.29, 1.82) is 0 Å². The van der Waals surface area contributed by atoms with E-state index in [0.29, 0.717) is 10.8 Å². The summed E-state index contributed by atoms with van der Waals surface area (Å²) in [5, 5.41) is 7.32. The lowest BCUT2D eigenvalue weighted by molar-refractivity contribution is 0.102. The Hall–Kier alpha value is -1.89. The Balaban J connectivity index is 2.18. The van der Waals surface area contributed by atoms with E-state index in [4.69, 9.17) is 5.73 Å². The zero-order chi connectivity index (χ0) is 13.3. The first-order valence-electron chi connectivity index (χ1n) is 5.58. The molecule has 0 radical (unpaired) electrons. The van der Waals surface area contributed by atoms with E-state index in [1.165, 1.54) is 16.0 Å². The van der Waals surface area contributed by atoms with Gasteiger partial charge in [0.15, 0.2) is 10.8 Å². The van der Waals surface area contributed by atoms with Gasteiger partial charge in [-0.25, -0.2) is 4.98 Å². The summed E-state index contributed by atoms with van der Waals surface area (Å²) in [7, 11) is 1.72. The summed E-state index contributed by atoms with van der Waals surface area (Å²) in [5.41, 5.74) is 7.29. The zero-order valence-electron chi connectivity index (χ0n) is 10.5. The number of hydrogen-bond acceptors (Lipinski definition) is 5. The maximum Gasteiger partial charge on any atom is 0.280 e. The molecule has 2 aromatic rings. The van der Waals surface area contributed by atoms with Crippen LogP contribution >= 0.6 is 11.3 Å². The normalized spacial score (nSPS) is 10.6. The highest BCUT2D eigenvalue weighted by Gasteiger charge is 2.16. The van der Waals surface area contributed by atoms with Crippen LogP contribution in [0.25, 0.3) is 0 Å². The van der Waals surface area contributed by atoms with Gasteiger partial charge in [-0.05, 0) is 13.3 Å². The second kappa shape index (κ2) is 4.77. The molecule has 0 fully saturated rings. The lowest BCUT2D eigenvalue weighted by Gasteiger charge is -1.98. The van der Waals surface area contributed by atoms with Crippen LogP contribution in [0, 0.1) is 6.92 Å². The van der Waals surface area contributed by atoms with Gasteiger partial charge >= 0.3 is 0 Å². The quantitative estimate of drug-likeness (QED) is 0.882. The van der Waals surface area contributed by atoms with Crippen LogP contribution in [0.4, 0.5) is 10.8 Å². The van der Waals surface area contributed by atoms with Crippen LogP contribution in [-0.4, -0.2) is 20.7 Å². The minimum Gasteiger partial charge on any atom is -0.396 e. The average molecular weight is 265 g/mol. The van der Waals surface area contributed by atoms with Crippen LogP contribution in [0.15, 0.2) is 6.20 Å². The third-order valence-corrected chi connectivity index (χ3v) is 3.45. The Morgan fingerprint density at radius 2 is 2.33 bits per heavy atom. The van der Waals surface area contributed by atoms with E-state index >= 15 is 0 Å². The van der Waals surface area contributed by atoms with Gasteiger partial charge in [0.1, 0.15) is 0 Å². The van der Waals surface area contributed by atoms with Crippen molar-refractivity contribution in [3.05, 3.63) is 22.5 Å². The van der Waals surface area contributed by atoms with Crippen molar-refractivity contribution in [2.75, 3.05) is 11.1 Å². The first-order valence-corrected chi connectivity index (χ1v) is 6.39. The number of carbonyl (C=O) groups is 1. The summed E-state index contributed by atoms with van der Waals surface area (Å²) < 4.78 is 1.51. The number of thiazole rings is 1. The smallest absolute Gasteiger partial charge is 0.280 e. The maximum atomic E-state index is 12.0. The SMILES string of the molecule is CCc1nc(NC(=O)c2nn(C)cc2N)sc1C. The third-order valence-electron chi connectivity index (χ3n) is 2.52. The molecule has 3 N–H and O–H groups in total. The molecule has 7 heteroatoms. The van der Waals surface area contributed by atoms with Gasteiger partial charge in [-0.15, -0.1) is 11.3 Å². The maximum absolute atomic E-state index is 12.0. The fraction of sp³-hybridized carbons (Fsp3) is 0.364. The Morgan fingerprint density at radius 1 is 1.61 bits per heavy atom. The second-order valence-corrected chi connectivity index (χ2v) is 5.14. The monoisotopic (exact) mass is 265 g/mol. The van der Waals surface area contributed by atoms with Crippen molar-refractivity contribution < 1.29 is 4.79 Å². The molecule has 2 aromatic heterocycles. The van der Waals surface area contributed by atoms with E-state index in [9.17, 15) is 4.79 Å². The number of nitrogens with zero attached hydrogens (tertiary/aromatic N) is 3. The molecule has 0 saturated heterocycles. The molecule has 0 saturated carbocycles. The van der Waals surface area contributed by atoms with Crippen LogP contribution in [-0.2, 0) is 13.5 Å². The van der Waals surface area contributed by atoms with Gasteiger partial charge in [0.2, 0.25) is 0 Å². The Bertz CT molecular complexity index is 586. The Morgan fingerprint density at radius 3 is 2.83 bits per heavy atom. The van der Waals surface area contributed by atoms with Gasteiger partial charge in [-0.2, -0.15) is 5.10 Å². The minimum atomic E-state index is -0.329. The number of nitrogens with two attached hydrogens (primary N) is 1. The van der Waals surface area contributed by atoms with Gasteiger partial charge in [0, 0.05) is 18.1 Å². The minimum absolute atomic E-state index is 0.225. The number of nitrogen functional groups attached to an aromatic ring is 1. The molecule has 0 atom stereocenters. The number of hydrogen-bond donors (Lipinski definition) is 2. The van der Waals surface area contributed by atoms with Gasteiger partial charge in [0.25, 0.3) is 5.91 Å². The average Bonchev–Trinajstić information content (AvgIpc) is 2.81. The second-order valence-electron chi connectivity index (χ2n) is 3.94. The molecule has 2 heterocycles. The fourth-order valence-corrected chi connectivity index (χ4v) is 2.55. The van der Waals surface area contributed by atoms with E-state index in [2.05, 4.69) is 15.4 Å². The fourth-order valence-electron chi connectivity index (χ4n) is 1.65. The molecule has 18 heavy (non-hydrogen) atoms. The molecule has 0 aliphatic rings. The molecule has 0 bridgehead atoms. The molecule has 0 aromatic carbocycles. The summed E-state index contributed by atoms with van der Waals surface area (Å²) in [6, 6.07) is 0. The van der Waals surface area contributed by atoms with E-state index in [1.807, 2.05) is 13.8 Å². The predicted molar refractivity (Wildman–Crippen MR) is 71.8 cm³/mol. The Labute approximate surface area is 109 Å². The molecule has 0 unspecified atom stereocenters. The highest BCUT2D eigenvalue weighted by Crippen LogP contribution is 2.23. The van der Waals surface area contributed by atoms with Crippen molar-refractivity contribution in [1.82, 2.24) is 14.8 Å². The third kappa shape index (κ3) is 2.35. The first-order chi connectivity index (χ1) is 8.51. The molecule has 6 nitrogen and oxygen atoms in total. The topological polar surface area (TPSA) is 85.8 Å². The highest BCUT2D eigenvalue weighted by atomic mass is 32.1. The van der Waals surface area contributed by atoms with Gasteiger partial charge in [0.05, 0.1) is 11.4 Å². The van der Waals surface area contributed by atoms with Crippen LogP contribution in [0.5, 0.6) is 0 Å². The molecule has 1 amide bonds. The molecule has 0 aliphatic heterocycles. The lowest BCUT2D eigenvalue weighted by Crippen LogP contribution is -2.14. The van der Waals surface area contributed by atoms with Crippen molar-refractivity contribution in [2.45, 2.75) is 20.3 Å². The summed E-state index contributed by atoms with van der Waals surface area (Å²) >= 11 is 1.46. The molecule has 96 valence electrons. The number of rotatable bonds is 3. The lowest BCUT2D eigenvalue weighted by atomic mass is 10.3. The molecule has 0 spiro atoms.